The molecule has 1 aliphatic carbocycles. The lowest BCUT2D eigenvalue weighted by Gasteiger charge is -2.40. The third-order valence-corrected chi connectivity index (χ3v) is 2.89. The minimum atomic E-state index is -0.266. The van der Waals surface area contributed by atoms with Gasteiger partial charge < -0.3 is 11.1 Å². The molecule has 1 saturated carbocycles. The molecule has 76 valence electrons. The second-order valence-electron chi connectivity index (χ2n) is 4.28. The molecule has 0 amide bonds. The van der Waals surface area contributed by atoms with Gasteiger partial charge in [0.25, 0.3) is 0 Å². The second kappa shape index (κ2) is 3.15. The molecule has 3 heteroatoms. The number of hydrogen-bond acceptors (Lipinski definition) is 2. The first-order valence-corrected chi connectivity index (χ1v) is 4.92. The van der Waals surface area contributed by atoms with Gasteiger partial charge in [0.15, 0.2) is 0 Å². The molecule has 0 aromatic heterocycles. The lowest BCUT2D eigenvalue weighted by Crippen LogP contribution is -2.41. The Hall–Kier alpha value is -1.25. The van der Waals surface area contributed by atoms with Crippen LogP contribution in [0.4, 0.5) is 15.8 Å². The zero-order valence-corrected chi connectivity index (χ0v) is 8.31. The molecule has 1 fully saturated rings. The van der Waals surface area contributed by atoms with E-state index in [2.05, 4.69) is 12.2 Å². The molecule has 2 nitrogen and oxygen atoms in total. The van der Waals surface area contributed by atoms with Gasteiger partial charge in [-0.25, -0.2) is 4.39 Å². The zero-order valence-electron chi connectivity index (χ0n) is 8.31. The number of nitrogens with one attached hydrogen (secondary N) is 1. The van der Waals surface area contributed by atoms with E-state index in [1.54, 1.807) is 12.1 Å². The van der Waals surface area contributed by atoms with Crippen LogP contribution in [0.3, 0.4) is 0 Å². The van der Waals surface area contributed by atoms with E-state index in [0.717, 1.165) is 12.8 Å². The zero-order chi connectivity index (χ0) is 10.2. The van der Waals surface area contributed by atoms with Crippen molar-refractivity contribution in [3.8, 4) is 0 Å². The quantitative estimate of drug-likeness (QED) is 0.710. The highest BCUT2D eigenvalue weighted by atomic mass is 19.1. The van der Waals surface area contributed by atoms with Gasteiger partial charge in [0.1, 0.15) is 5.82 Å². The van der Waals surface area contributed by atoms with E-state index in [-0.39, 0.29) is 11.4 Å². The summed E-state index contributed by atoms with van der Waals surface area (Å²) in [5.74, 6) is -0.266. The Balaban J connectivity index is 2.16. The average molecular weight is 194 g/mol. The maximum absolute atomic E-state index is 13.4. The van der Waals surface area contributed by atoms with Crippen molar-refractivity contribution in [1.82, 2.24) is 0 Å². The van der Waals surface area contributed by atoms with E-state index in [9.17, 15) is 4.39 Å². The topological polar surface area (TPSA) is 38.0 Å². The largest absolute Gasteiger partial charge is 0.399 e. The van der Waals surface area contributed by atoms with Crippen molar-refractivity contribution in [2.24, 2.45) is 0 Å². The van der Waals surface area contributed by atoms with Crippen molar-refractivity contribution in [3.63, 3.8) is 0 Å². The highest BCUT2D eigenvalue weighted by Crippen LogP contribution is 2.35. The number of rotatable bonds is 2. The van der Waals surface area contributed by atoms with Crippen molar-refractivity contribution in [3.05, 3.63) is 24.0 Å². The van der Waals surface area contributed by atoms with Crippen molar-refractivity contribution >= 4 is 11.4 Å². The van der Waals surface area contributed by atoms with Crippen LogP contribution < -0.4 is 11.1 Å². The SMILES string of the molecule is CC1(Nc2ccc(N)cc2F)CCC1. The molecule has 0 saturated heterocycles. The number of benzene rings is 1. The normalized spacial score (nSPS) is 18.7. The van der Waals surface area contributed by atoms with Gasteiger partial charge in [0.2, 0.25) is 0 Å². The minimum Gasteiger partial charge on any atom is -0.399 e. The van der Waals surface area contributed by atoms with Crippen LogP contribution >= 0.6 is 0 Å². The summed E-state index contributed by atoms with van der Waals surface area (Å²) in [4.78, 5) is 0. The minimum absolute atomic E-state index is 0.0803. The Labute approximate surface area is 83.3 Å². The number of halogens is 1. The van der Waals surface area contributed by atoms with E-state index in [0.29, 0.717) is 11.4 Å². The maximum Gasteiger partial charge on any atom is 0.148 e. The van der Waals surface area contributed by atoms with E-state index < -0.39 is 0 Å². The molecule has 3 N–H and O–H groups in total. The number of anilines is 2. The molecule has 1 aliphatic rings. The van der Waals surface area contributed by atoms with E-state index in [1.807, 2.05) is 0 Å². The summed E-state index contributed by atoms with van der Waals surface area (Å²) < 4.78 is 13.4. The average Bonchev–Trinajstić information content (AvgIpc) is 2.07. The highest BCUT2D eigenvalue weighted by molar-refractivity contribution is 5.54. The van der Waals surface area contributed by atoms with Crippen LogP contribution in [-0.4, -0.2) is 5.54 Å². The standard InChI is InChI=1S/C11H15FN2/c1-11(5-2-6-11)14-10-4-3-8(13)7-9(10)12/h3-4,7,14H,2,5-6,13H2,1H3. The molecule has 0 unspecified atom stereocenters. The third-order valence-electron chi connectivity index (χ3n) is 2.89. The first kappa shape index (κ1) is 9.31. The summed E-state index contributed by atoms with van der Waals surface area (Å²) in [7, 11) is 0. The lowest BCUT2D eigenvalue weighted by atomic mass is 9.78. The number of nitrogens with two attached hydrogens (primary N) is 1. The van der Waals surface area contributed by atoms with Crippen LogP contribution in [0.5, 0.6) is 0 Å². The molecule has 0 atom stereocenters. The molecule has 0 bridgehead atoms. The van der Waals surface area contributed by atoms with Gasteiger partial charge >= 0.3 is 0 Å². The summed E-state index contributed by atoms with van der Waals surface area (Å²) in [6.07, 6.45) is 3.44. The van der Waals surface area contributed by atoms with Crippen LogP contribution in [0.15, 0.2) is 18.2 Å². The molecule has 2 rings (SSSR count). The van der Waals surface area contributed by atoms with Gasteiger partial charge in [0, 0.05) is 11.2 Å². The van der Waals surface area contributed by atoms with Crippen LogP contribution in [-0.2, 0) is 0 Å². The van der Waals surface area contributed by atoms with Gasteiger partial charge in [-0.2, -0.15) is 0 Å². The molecule has 1 aromatic carbocycles. The van der Waals surface area contributed by atoms with Crippen LogP contribution in [0.2, 0.25) is 0 Å². The molecule has 0 heterocycles. The molecular weight excluding hydrogens is 179 g/mol. The third kappa shape index (κ3) is 1.67. The van der Waals surface area contributed by atoms with Crippen molar-refractivity contribution < 1.29 is 4.39 Å². The fourth-order valence-electron chi connectivity index (χ4n) is 1.79. The summed E-state index contributed by atoms with van der Waals surface area (Å²) >= 11 is 0. The molecule has 14 heavy (non-hydrogen) atoms. The van der Waals surface area contributed by atoms with E-state index >= 15 is 0 Å². The summed E-state index contributed by atoms with van der Waals surface area (Å²) in [6, 6.07) is 4.77. The Kier molecular flexibility index (Phi) is 2.10. The van der Waals surface area contributed by atoms with Crippen molar-refractivity contribution in [2.75, 3.05) is 11.1 Å². The van der Waals surface area contributed by atoms with Gasteiger partial charge in [-0.3, -0.25) is 0 Å². The van der Waals surface area contributed by atoms with Gasteiger partial charge in [-0.15, -0.1) is 0 Å². The second-order valence-corrected chi connectivity index (χ2v) is 4.28. The van der Waals surface area contributed by atoms with Gasteiger partial charge in [0.05, 0.1) is 5.69 Å². The first-order chi connectivity index (χ1) is 6.59. The highest BCUT2D eigenvalue weighted by Gasteiger charge is 2.31. The fraction of sp³-hybridized carbons (Fsp3) is 0.455. The Morgan fingerprint density at radius 1 is 1.43 bits per heavy atom. The summed E-state index contributed by atoms with van der Waals surface area (Å²) in [5, 5.41) is 3.22. The number of nitrogen functional groups attached to an aromatic ring is 1. The van der Waals surface area contributed by atoms with Crippen molar-refractivity contribution in [1.29, 1.82) is 0 Å². The summed E-state index contributed by atoms with van der Waals surface area (Å²) in [6.45, 7) is 2.12. The molecule has 1 aromatic rings. The predicted molar refractivity (Wildman–Crippen MR) is 56.7 cm³/mol. The predicted octanol–water partition coefficient (Wildman–Crippen LogP) is 2.76. The fourth-order valence-corrected chi connectivity index (χ4v) is 1.79. The van der Waals surface area contributed by atoms with E-state index in [1.165, 1.54) is 12.5 Å². The van der Waals surface area contributed by atoms with E-state index in [4.69, 9.17) is 5.73 Å². The van der Waals surface area contributed by atoms with Crippen LogP contribution in [0.25, 0.3) is 0 Å². The van der Waals surface area contributed by atoms with Crippen molar-refractivity contribution in [2.45, 2.75) is 31.7 Å². The van der Waals surface area contributed by atoms with Gasteiger partial charge in [-0.05, 0) is 44.4 Å². The first-order valence-electron chi connectivity index (χ1n) is 4.92. The Bertz CT molecular complexity index is 345. The smallest absolute Gasteiger partial charge is 0.148 e. The monoisotopic (exact) mass is 194 g/mol. The number of hydrogen-bond donors (Lipinski definition) is 2. The molecule has 0 radical (unpaired) electrons. The lowest BCUT2D eigenvalue weighted by molar-refractivity contribution is 0.305. The molecular formula is C11H15FN2. The van der Waals surface area contributed by atoms with Crippen LogP contribution in [0.1, 0.15) is 26.2 Å². The van der Waals surface area contributed by atoms with Crippen LogP contribution in [0, 0.1) is 5.82 Å². The Morgan fingerprint density at radius 2 is 2.14 bits per heavy atom. The molecule has 0 spiro atoms. The summed E-state index contributed by atoms with van der Waals surface area (Å²) in [5.41, 5.74) is 6.57. The molecule has 0 aliphatic heterocycles. The maximum atomic E-state index is 13.4. The Morgan fingerprint density at radius 3 is 2.64 bits per heavy atom. The van der Waals surface area contributed by atoms with Gasteiger partial charge in [-0.1, -0.05) is 0 Å².